The van der Waals surface area contributed by atoms with Gasteiger partial charge in [-0.3, -0.25) is 9.48 Å². The maximum Gasteiger partial charge on any atom is 0.335 e. The molecule has 1 atom stereocenters. The molecule has 1 aliphatic rings. The molecule has 0 aliphatic carbocycles. The van der Waals surface area contributed by atoms with E-state index in [1.165, 1.54) is 6.07 Å². The van der Waals surface area contributed by atoms with Crippen molar-refractivity contribution in [1.29, 1.82) is 0 Å². The average molecular weight is 329 g/mol. The number of rotatable bonds is 4. The van der Waals surface area contributed by atoms with Crippen molar-refractivity contribution in [1.82, 2.24) is 14.7 Å². The molecule has 0 saturated carbocycles. The van der Waals surface area contributed by atoms with E-state index in [-0.39, 0.29) is 24.0 Å². The fourth-order valence-electron chi connectivity index (χ4n) is 2.78. The number of morpholine rings is 1. The van der Waals surface area contributed by atoms with Crippen LogP contribution in [-0.4, -0.2) is 51.4 Å². The van der Waals surface area contributed by atoms with Gasteiger partial charge in [0.25, 0.3) is 0 Å². The number of hydrogen-bond acceptors (Lipinski definition) is 4. The minimum Gasteiger partial charge on any atom is -0.478 e. The number of carbonyl (C=O) groups is 2. The van der Waals surface area contributed by atoms with Crippen LogP contribution in [0.15, 0.2) is 36.7 Å². The van der Waals surface area contributed by atoms with Crippen molar-refractivity contribution in [3.8, 4) is 0 Å². The lowest BCUT2D eigenvalue weighted by Gasteiger charge is -2.32. The number of ether oxygens (including phenoxy) is 1. The molecule has 3 rings (SSSR count). The Morgan fingerprint density at radius 3 is 2.96 bits per heavy atom. The maximum atomic E-state index is 12.5. The van der Waals surface area contributed by atoms with Gasteiger partial charge in [0.2, 0.25) is 5.91 Å². The van der Waals surface area contributed by atoms with E-state index < -0.39 is 5.97 Å². The van der Waals surface area contributed by atoms with E-state index in [0.29, 0.717) is 25.3 Å². The van der Waals surface area contributed by atoms with Crippen molar-refractivity contribution in [3.63, 3.8) is 0 Å². The fourth-order valence-corrected chi connectivity index (χ4v) is 2.78. The zero-order valence-corrected chi connectivity index (χ0v) is 13.4. The molecule has 1 aromatic heterocycles. The Morgan fingerprint density at radius 1 is 1.42 bits per heavy atom. The topological polar surface area (TPSA) is 84.7 Å². The summed E-state index contributed by atoms with van der Waals surface area (Å²) in [5, 5.41) is 13.2. The van der Waals surface area contributed by atoms with E-state index in [0.717, 1.165) is 5.56 Å². The van der Waals surface area contributed by atoms with Gasteiger partial charge in [-0.15, -0.1) is 0 Å². The number of carbonyl (C=O) groups excluding carboxylic acids is 1. The van der Waals surface area contributed by atoms with E-state index in [2.05, 4.69) is 5.10 Å². The van der Waals surface area contributed by atoms with Crippen molar-refractivity contribution in [2.24, 2.45) is 7.05 Å². The third-order valence-electron chi connectivity index (χ3n) is 4.05. The predicted octanol–water partition coefficient (Wildman–Crippen LogP) is 1.26. The van der Waals surface area contributed by atoms with Gasteiger partial charge in [-0.25, -0.2) is 4.79 Å². The lowest BCUT2D eigenvalue weighted by Crippen LogP contribution is -2.42. The molecule has 1 amide bonds. The molecule has 0 spiro atoms. The molecule has 24 heavy (non-hydrogen) atoms. The molecule has 1 N–H and O–H groups in total. The first-order chi connectivity index (χ1) is 11.5. The number of carboxylic acids is 1. The summed E-state index contributed by atoms with van der Waals surface area (Å²) in [6.07, 6.45) is 3.63. The van der Waals surface area contributed by atoms with Crippen molar-refractivity contribution in [2.75, 3.05) is 19.7 Å². The Labute approximate surface area is 139 Å². The lowest BCUT2D eigenvalue weighted by atomic mass is 10.1. The molecule has 2 aromatic rings. The fraction of sp³-hybridized carbons (Fsp3) is 0.353. The first-order valence-corrected chi connectivity index (χ1v) is 7.73. The first kappa shape index (κ1) is 16.2. The van der Waals surface area contributed by atoms with Crippen LogP contribution in [0.2, 0.25) is 0 Å². The molecule has 1 aromatic carbocycles. The summed E-state index contributed by atoms with van der Waals surface area (Å²) in [6.45, 7) is 1.48. The van der Waals surface area contributed by atoms with Crippen LogP contribution in [0.5, 0.6) is 0 Å². The molecule has 1 aliphatic heterocycles. The number of aryl methyl sites for hydroxylation is 1. The quantitative estimate of drug-likeness (QED) is 0.913. The molecule has 7 nitrogen and oxygen atoms in total. The number of benzene rings is 1. The zero-order valence-electron chi connectivity index (χ0n) is 13.4. The highest BCUT2D eigenvalue weighted by molar-refractivity contribution is 5.88. The first-order valence-electron chi connectivity index (χ1n) is 7.73. The van der Waals surface area contributed by atoms with E-state index in [4.69, 9.17) is 9.84 Å². The second kappa shape index (κ2) is 6.84. The molecule has 126 valence electrons. The molecule has 7 heteroatoms. The minimum absolute atomic E-state index is 0.0327. The molecule has 2 heterocycles. The Balaban J connectivity index is 1.66. The van der Waals surface area contributed by atoms with Crippen molar-refractivity contribution in [2.45, 2.75) is 12.5 Å². The normalized spacial score (nSPS) is 17.7. The van der Waals surface area contributed by atoms with Gasteiger partial charge in [0.05, 0.1) is 31.3 Å². The zero-order chi connectivity index (χ0) is 17.1. The van der Waals surface area contributed by atoms with Gasteiger partial charge < -0.3 is 14.7 Å². The van der Waals surface area contributed by atoms with Gasteiger partial charge in [0.15, 0.2) is 0 Å². The van der Waals surface area contributed by atoms with Crippen LogP contribution in [0.3, 0.4) is 0 Å². The van der Waals surface area contributed by atoms with Gasteiger partial charge >= 0.3 is 5.97 Å². The monoisotopic (exact) mass is 329 g/mol. The van der Waals surface area contributed by atoms with Crippen LogP contribution < -0.4 is 0 Å². The van der Waals surface area contributed by atoms with Crippen LogP contribution in [0.25, 0.3) is 0 Å². The summed E-state index contributed by atoms with van der Waals surface area (Å²) in [7, 11) is 1.84. The molecule has 0 radical (unpaired) electrons. The SMILES string of the molecule is Cn1cc(C2CN(C(=O)Cc3cccc(C(=O)O)c3)CCO2)cn1. The van der Waals surface area contributed by atoms with Crippen molar-refractivity contribution < 1.29 is 19.4 Å². The second-order valence-corrected chi connectivity index (χ2v) is 5.83. The summed E-state index contributed by atoms with van der Waals surface area (Å²) in [4.78, 5) is 25.3. The number of aromatic nitrogens is 2. The smallest absolute Gasteiger partial charge is 0.335 e. The molecule has 0 bridgehead atoms. The van der Waals surface area contributed by atoms with Gasteiger partial charge in [-0.2, -0.15) is 5.10 Å². The highest BCUT2D eigenvalue weighted by Gasteiger charge is 2.26. The largest absolute Gasteiger partial charge is 0.478 e. The van der Waals surface area contributed by atoms with E-state index in [1.807, 2.05) is 13.2 Å². The molecular formula is C17H19N3O4. The minimum atomic E-state index is -0.993. The van der Waals surface area contributed by atoms with E-state index >= 15 is 0 Å². The van der Waals surface area contributed by atoms with E-state index in [1.54, 1.807) is 34.0 Å². The van der Waals surface area contributed by atoms with Crippen LogP contribution in [0.4, 0.5) is 0 Å². The summed E-state index contributed by atoms with van der Waals surface area (Å²) in [6, 6.07) is 6.48. The molecule has 1 unspecified atom stereocenters. The maximum absolute atomic E-state index is 12.5. The summed E-state index contributed by atoms with van der Waals surface area (Å²) < 4.78 is 7.44. The van der Waals surface area contributed by atoms with Gasteiger partial charge in [-0.05, 0) is 17.7 Å². The van der Waals surface area contributed by atoms with Crippen LogP contribution in [-0.2, 0) is 23.0 Å². The highest BCUT2D eigenvalue weighted by atomic mass is 16.5. The standard InChI is InChI=1S/C17H19N3O4/c1-19-10-14(9-18-19)15-11-20(5-6-24-15)16(21)8-12-3-2-4-13(7-12)17(22)23/h2-4,7,9-10,15H,5-6,8,11H2,1H3,(H,22,23). The number of nitrogens with zero attached hydrogens (tertiary/aromatic N) is 3. The number of hydrogen-bond donors (Lipinski definition) is 1. The molecule has 1 fully saturated rings. The van der Waals surface area contributed by atoms with Crippen LogP contribution >= 0.6 is 0 Å². The Kier molecular flexibility index (Phi) is 4.61. The summed E-state index contributed by atoms with van der Waals surface area (Å²) in [5.41, 5.74) is 1.84. The predicted molar refractivity (Wildman–Crippen MR) is 85.6 cm³/mol. The summed E-state index contributed by atoms with van der Waals surface area (Å²) >= 11 is 0. The summed E-state index contributed by atoms with van der Waals surface area (Å²) in [5.74, 6) is -1.03. The van der Waals surface area contributed by atoms with Gasteiger partial charge in [0.1, 0.15) is 6.10 Å². The van der Waals surface area contributed by atoms with Gasteiger partial charge in [0, 0.05) is 25.4 Å². The third kappa shape index (κ3) is 3.62. The Hall–Kier alpha value is -2.67. The van der Waals surface area contributed by atoms with Crippen molar-refractivity contribution >= 4 is 11.9 Å². The third-order valence-corrected chi connectivity index (χ3v) is 4.05. The number of carboxylic acid groups (broad SMARTS) is 1. The van der Waals surface area contributed by atoms with Crippen LogP contribution in [0.1, 0.15) is 27.6 Å². The van der Waals surface area contributed by atoms with E-state index in [9.17, 15) is 9.59 Å². The van der Waals surface area contributed by atoms with Crippen molar-refractivity contribution in [3.05, 3.63) is 53.3 Å². The molecule has 1 saturated heterocycles. The lowest BCUT2D eigenvalue weighted by molar-refractivity contribution is -0.138. The second-order valence-electron chi connectivity index (χ2n) is 5.83. The molecular weight excluding hydrogens is 310 g/mol. The van der Waals surface area contributed by atoms with Gasteiger partial charge in [-0.1, -0.05) is 12.1 Å². The Morgan fingerprint density at radius 2 is 2.25 bits per heavy atom. The van der Waals surface area contributed by atoms with Crippen LogP contribution in [0, 0.1) is 0 Å². The Bertz CT molecular complexity index is 756. The highest BCUT2D eigenvalue weighted by Crippen LogP contribution is 2.22. The number of amides is 1. The number of aromatic carboxylic acids is 1. The average Bonchev–Trinajstić information content (AvgIpc) is 3.02.